The molecule has 1 fully saturated rings. The van der Waals surface area contributed by atoms with Crippen LogP contribution in [0.1, 0.15) is 25.7 Å². The van der Waals surface area contributed by atoms with Crippen LogP contribution in [-0.2, 0) is 16.1 Å². The van der Waals surface area contributed by atoms with Crippen LogP contribution < -0.4 is 10.2 Å². The molecule has 0 aromatic carbocycles. The number of fused-ring (bicyclic) bond motifs is 1. The molecule has 0 bridgehead atoms. The standard InChI is InChI=1S/C16H24N6O2/c1-24-11-14(23)17-6-9-22-16-13(10-20-22)15(18-12-19-16)21-7-4-2-3-5-8-21/h10,12H,2-9,11H2,1H3,(H,17,23). The van der Waals surface area contributed by atoms with E-state index in [2.05, 4.69) is 25.3 Å². The quantitative estimate of drug-likeness (QED) is 0.848. The van der Waals surface area contributed by atoms with Gasteiger partial charge in [0.1, 0.15) is 18.8 Å². The summed E-state index contributed by atoms with van der Waals surface area (Å²) in [5, 5.41) is 8.19. The van der Waals surface area contributed by atoms with Crippen molar-refractivity contribution in [1.82, 2.24) is 25.1 Å². The van der Waals surface area contributed by atoms with Gasteiger partial charge >= 0.3 is 0 Å². The summed E-state index contributed by atoms with van der Waals surface area (Å²) in [5.74, 6) is 0.838. The number of carbonyl (C=O) groups is 1. The second-order valence-electron chi connectivity index (χ2n) is 5.99. The number of anilines is 1. The predicted molar refractivity (Wildman–Crippen MR) is 90.9 cm³/mol. The van der Waals surface area contributed by atoms with Crippen LogP contribution in [0.3, 0.4) is 0 Å². The van der Waals surface area contributed by atoms with Crippen molar-refractivity contribution in [3.8, 4) is 0 Å². The number of hydrogen-bond acceptors (Lipinski definition) is 6. The lowest BCUT2D eigenvalue weighted by Crippen LogP contribution is -2.30. The Hall–Kier alpha value is -2.22. The fourth-order valence-corrected chi connectivity index (χ4v) is 3.06. The largest absolute Gasteiger partial charge is 0.375 e. The second-order valence-corrected chi connectivity index (χ2v) is 5.99. The summed E-state index contributed by atoms with van der Waals surface area (Å²) >= 11 is 0. The van der Waals surface area contributed by atoms with Crippen molar-refractivity contribution in [3.63, 3.8) is 0 Å². The molecule has 1 saturated heterocycles. The first kappa shape index (κ1) is 16.6. The van der Waals surface area contributed by atoms with Gasteiger partial charge in [-0.3, -0.25) is 4.79 Å². The number of ether oxygens (including phenoxy) is 1. The molecular weight excluding hydrogens is 308 g/mol. The van der Waals surface area contributed by atoms with E-state index in [1.807, 2.05) is 10.9 Å². The maximum atomic E-state index is 11.4. The molecule has 1 aliphatic heterocycles. The maximum Gasteiger partial charge on any atom is 0.246 e. The molecule has 24 heavy (non-hydrogen) atoms. The average molecular weight is 332 g/mol. The summed E-state index contributed by atoms with van der Waals surface area (Å²) in [7, 11) is 1.50. The minimum Gasteiger partial charge on any atom is -0.375 e. The van der Waals surface area contributed by atoms with Gasteiger partial charge in [0, 0.05) is 26.7 Å². The normalized spacial score (nSPS) is 15.5. The molecule has 1 N–H and O–H groups in total. The summed E-state index contributed by atoms with van der Waals surface area (Å²) in [5.41, 5.74) is 0.810. The number of hydrogen-bond donors (Lipinski definition) is 1. The molecule has 0 saturated carbocycles. The number of nitrogens with zero attached hydrogens (tertiary/aromatic N) is 5. The number of carbonyl (C=O) groups excluding carboxylic acids is 1. The molecule has 3 rings (SSSR count). The monoisotopic (exact) mass is 332 g/mol. The predicted octanol–water partition coefficient (Wildman–Crippen LogP) is 0.969. The van der Waals surface area contributed by atoms with Crippen molar-refractivity contribution in [1.29, 1.82) is 0 Å². The van der Waals surface area contributed by atoms with E-state index in [9.17, 15) is 4.79 Å². The number of nitrogens with one attached hydrogen (secondary N) is 1. The molecule has 1 aliphatic rings. The average Bonchev–Trinajstić information content (AvgIpc) is 2.81. The van der Waals surface area contributed by atoms with Crippen molar-refractivity contribution in [2.24, 2.45) is 0 Å². The van der Waals surface area contributed by atoms with Gasteiger partial charge in [0.25, 0.3) is 0 Å². The van der Waals surface area contributed by atoms with E-state index in [0.29, 0.717) is 13.1 Å². The zero-order valence-corrected chi connectivity index (χ0v) is 14.1. The van der Waals surface area contributed by atoms with Crippen molar-refractivity contribution < 1.29 is 9.53 Å². The van der Waals surface area contributed by atoms with Gasteiger partial charge in [0.2, 0.25) is 5.91 Å². The Labute approximate surface area is 141 Å². The summed E-state index contributed by atoms with van der Waals surface area (Å²) in [6, 6.07) is 0. The van der Waals surface area contributed by atoms with Crippen molar-refractivity contribution in [2.45, 2.75) is 32.2 Å². The number of amides is 1. The highest BCUT2D eigenvalue weighted by Gasteiger charge is 2.17. The van der Waals surface area contributed by atoms with Crippen LogP contribution in [0.5, 0.6) is 0 Å². The van der Waals surface area contributed by atoms with Crippen LogP contribution >= 0.6 is 0 Å². The highest BCUT2D eigenvalue weighted by atomic mass is 16.5. The van der Waals surface area contributed by atoms with Gasteiger partial charge in [-0.15, -0.1) is 0 Å². The van der Waals surface area contributed by atoms with Gasteiger partial charge in [0.15, 0.2) is 5.65 Å². The molecule has 2 aromatic heterocycles. The van der Waals surface area contributed by atoms with Crippen molar-refractivity contribution in [3.05, 3.63) is 12.5 Å². The third kappa shape index (κ3) is 3.81. The summed E-state index contributed by atoms with van der Waals surface area (Å²) in [6.45, 7) is 3.19. The van der Waals surface area contributed by atoms with E-state index in [1.165, 1.54) is 32.8 Å². The molecule has 0 unspecified atom stereocenters. The second kappa shape index (κ2) is 8.05. The Balaban J connectivity index is 1.72. The molecule has 1 amide bonds. The number of methoxy groups -OCH3 is 1. The minimum absolute atomic E-state index is 0.0706. The van der Waals surface area contributed by atoms with Gasteiger partial charge in [0.05, 0.1) is 18.1 Å². The van der Waals surface area contributed by atoms with Crippen LogP contribution in [0.25, 0.3) is 11.0 Å². The van der Waals surface area contributed by atoms with Crippen LogP contribution in [0.15, 0.2) is 12.5 Å². The molecular formula is C16H24N6O2. The van der Waals surface area contributed by atoms with E-state index in [1.54, 1.807) is 6.33 Å². The lowest BCUT2D eigenvalue weighted by Gasteiger charge is -2.21. The first-order valence-corrected chi connectivity index (χ1v) is 8.46. The van der Waals surface area contributed by atoms with E-state index in [-0.39, 0.29) is 12.5 Å². The molecule has 8 nitrogen and oxygen atoms in total. The summed E-state index contributed by atoms with van der Waals surface area (Å²) in [6.07, 6.45) is 8.39. The summed E-state index contributed by atoms with van der Waals surface area (Å²) in [4.78, 5) is 22.6. The van der Waals surface area contributed by atoms with E-state index in [4.69, 9.17) is 4.74 Å². The van der Waals surface area contributed by atoms with Gasteiger partial charge < -0.3 is 15.0 Å². The maximum absolute atomic E-state index is 11.4. The Morgan fingerprint density at radius 1 is 1.25 bits per heavy atom. The first-order valence-electron chi connectivity index (χ1n) is 8.46. The Kier molecular flexibility index (Phi) is 5.58. The van der Waals surface area contributed by atoms with E-state index >= 15 is 0 Å². The van der Waals surface area contributed by atoms with Gasteiger partial charge in [-0.25, -0.2) is 14.6 Å². The highest BCUT2D eigenvalue weighted by Crippen LogP contribution is 2.24. The molecule has 2 aromatic rings. The SMILES string of the molecule is COCC(=O)NCCn1ncc2c(N3CCCCCC3)ncnc21. The fraction of sp³-hybridized carbons (Fsp3) is 0.625. The zero-order valence-electron chi connectivity index (χ0n) is 14.1. The van der Waals surface area contributed by atoms with Crippen molar-refractivity contribution in [2.75, 3.05) is 38.3 Å². The Bertz CT molecular complexity index is 678. The minimum atomic E-state index is -0.131. The van der Waals surface area contributed by atoms with Gasteiger partial charge in [-0.1, -0.05) is 12.8 Å². The van der Waals surface area contributed by atoms with Gasteiger partial charge in [-0.2, -0.15) is 5.10 Å². The molecule has 130 valence electrons. The topological polar surface area (TPSA) is 85.2 Å². The summed E-state index contributed by atoms with van der Waals surface area (Å²) < 4.78 is 6.61. The van der Waals surface area contributed by atoms with Gasteiger partial charge in [-0.05, 0) is 12.8 Å². The van der Waals surface area contributed by atoms with Crippen molar-refractivity contribution >= 4 is 22.8 Å². The highest BCUT2D eigenvalue weighted by molar-refractivity contribution is 5.86. The van der Waals surface area contributed by atoms with Crippen LogP contribution in [0.2, 0.25) is 0 Å². The number of aromatic nitrogens is 4. The first-order chi connectivity index (χ1) is 11.8. The lowest BCUT2D eigenvalue weighted by atomic mass is 10.2. The third-order valence-corrected chi connectivity index (χ3v) is 4.24. The smallest absolute Gasteiger partial charge is 0.246 e. The van der Waals surface area contributed by atoms with E-state index < -0.39 is 0 Å². The number of rotatable bonds is 6. The molecule has 0 aliphatic carbocycles. The van der Waals surface area contributed by atoms with E-state index in [0.717, 1.165) is 29.9 Å². The molecule has 0 atom stereocenters. The molecule has 8 heteroatoms. The Morgan fingerprint density at radius 3 is 2.79 bits per heavy atom. The van der Waals surface area contributed by atoms with Crippen LogP contribution in [0, 0.1) is 0 Å². The van der Waals surface area contributed by atoms with Crippen LogP contribution in [0.4, 0.5) is 5.82 Å². The lowest BCUT2D eigenvalue weighted by molar-refractivity contribution is -0.124. The third-order valence-electron chi connectivity index (χ3n) is 4.24. The molecule has 3 heterocycles. The molecule has 0 spiro atoms. The zero-order chi connectivity index (χ0) is 16.8. The Morgan fingerprint density at radius 2 is 2.04 bits per heavy atom. The fourth-order valence-electron chi connectivity index (χ4n) is 3.06. The van der Waals surface area contributed by atoms with Crippen LogP contribution in [-0.4, -0.2) is 59.0 Å². The molecule has 0 radical (unpaired) electrons.